The van der Waals surface area contributed by atoms with Crippen LogP contribution in [-0.2, 0) is 6.42 Å². The summed E-state index contributed by atoms with van der Waals surface area (Å²) in [5.74, 6) is 0. The summed E-state index contributed by atoms with van der Waals surface area (Å²) in [5, 5.41) is 12.9. The Kier molecular flexibility index (Phi) is 3.31. The quantitative estimate of drug-likeness (QED) is 0.800. The number of rotatable bonds is 3. The van der Waals surface area contributed by atoms with Gasteiger partial charge in [0, 0.05) is 29.2 Å². The van der Waals surface area contributed by atoms with E-state index in [-0.39, 0.29) is 0 Å². The minimum absolute atomic E-state index is 0.494. The first-order valence-corrected chi connectivity index (χ1v) is 7.24. The molecule has 2 aromatic heterocycles. The van der Waals surface area contributed by atoms with Gasteiger partial charge in [0.1, 0.15) is 0 Å². The number of aliphatic hydroxyl groups is 1. The maximum atomic E-state index is 10.3. The third-order valence-electron chi connectivity index (χ3n) is 2.99. The normalized spacial score (nSPS) is 13.0. The molecule has 1 aromatic carbocycles. The van der Waals surface area contributed by atoms with Crippen LogP contribution in [0.5, 0.6) is 0 Å². The van der Waals surface area contributed by atoms with Crippen molar-refractivity contribution in [3.8, 4) is 0 Å². The number of halogens is 1. The molecule has 0 aliphatic rings. The lowest BCUT2D eigenvalue weighted by molar-refractivity contribution is 0.177. The Balaban J connectivity index is 1.84. The van der Waals surface area contributed by atoms with Crippen LogP contribution in [0.1, 0.15) is 22.9 Å². The Hall–Kier alpha value is -1.36. The van der Waals surface area contributed by atoms with E-state index in [0.29, 0.717) is 11.4 Å². The van der Waals surface area contributed by atoms with Crippen molar-refractivity contribution in [1.82, 2.24) is 9.38 Å². The summed E-state index contributed by atoms with van der Waals surface area (Å²) in [5.41, 5.74) is 2.77. The third-order valence-corrected chi connectivity index (χ3v) is 3.98. The van der Waals surface area contributed by atoms with Gasteiger partial charge in [-0.05, 0) is 30.2 Å². The van der Waals surface area contributed by atoms with Crippen LogP contribution in [0.3, 0.4) is 0 Å². The van der Waals surface area contributed by atoms with Crippen molar-refractivity contribution < 1.29 is 5.11 Å². The van der Waals surface area contributed by atoms with Gasteiger partial charge in [-0.25, -0.2) is 4.98 Å². The zero-order valence-electron chi connectivity index (χ0n) is 10.4. The molecule has 0 bridgehead atoms. The molecule has 1 N–H and O–H groups in total. The zero-order valence-corrected chi connectivity index (χ0v) is 11.9. The fraction of sp³-hybridized carbons (Fsp3) is 0.214. The average Bonchev–Trinajstić information content (AvgIpc) is 2.88. The molecule has 0 radical (unpaired) electrons. The van der Waals surface area contributed by atoms with Gasteiger partial charge in [0.25, 0.3) is 0 Å². The molecule has 3 aromatic rings. The second-order valence-electron chi connectivity index (χ2n) is 4.61. The first kappa shape index (κ1) is 12.7. The summed E-state index contributed by atoms with van der Waals surface area (Å²) in [4.78, 5) is 5.42. The number of benzene rings is 1. The lowest BCUT2D eigenvalue weighted by Gasteiger charge is -2.10. The fourth-order valence-corrected chi connectivity index (χ4v) is 3.16. The Morgan fingerprint density at radius 3 is 3.00 bits per heavy atom. The first-order chi connectivity index (χ1) is 9.11. The largest absolute Gasteiger partial charge is 0.388 e. The van der Waals surface area contributed by atoms with Crippen molar-refractivity contribution in [2.45, 2.75) is 19.4 Å². The minimum Gasteiger partial charge on any atom is -0.388 e. The topological polar surface area (TPSA) is 37.5 Å². The van der Waals surface area contributed by atoms with Crippen molar-refractivity contribution in [3.05, 3.63) is 57.8 Å². The molecule has 0 aliphatic heterocycles. The van der Waals surface area contributed by atoms with Crippen LogP contribution < -0.4 is 0 Å². The average molecular weight is 293 g/mol. The number of aliphatic hydroxyl groups excluding tert-OH is 1. The Labute approximate surface area is 120 Å². The molecule has 3 nitrogen and oxygen atoms in total. The highest BCUT2D eigenvalue weighted by Crippen LogP contribution is 2.23. The van der Waals surface area contributed by atoms with Crippen LogP contribution in [-0.4, -0.2) is 14.5 Å². The van der Waals surface area contributed by atoms with E-state index in [0.717, 1.165) is 21.8 Å². The molecule has 0 saturated carbocycles. The van der Waals surface area contributed by atoms with Gasteiger partial charge in [-0.3, -0.25) is 4.40 Å². The molecule has 2 heterocycles. The maximum absolute atomic E-state index is 10.3. The van der Waals surface area contributed by atoms with Crippen LogP contribution in [0.25, 0.3) is 4.96 Å². The van der Waals surface area contributed by atoms with E-state index in [1.807, 2.05) is 41.2 Å². The number of imidazole rings is 1. The summed E-state index contributed by atoms with van der Waals surface area (Å²) in [6.07, 6.45) is 3.83. The summed E-state index contributed by atoms with van der Waals surface area (Å²) in [7, 11) is 0. The predicted octanol–water partition coefficient (Wildman–Crippen LogP) is 3.63. The number of aromatic nitrogens is 2. The molecular weight excluding hydrogens is 280 g/mol. The number of hydrogen-bond donors (Lipinski definition) is 1. The highest BCUT2D eigenvalue weighted by atomic mass is 35.5. The maximum Gasteiger partial charge on any atom is 0.193 e. The van der Waals surface area contributed by atoms with Gasteiger partial charge in [-0.2, -0.15) is 0 Å². The molecule has 0 saturated heterocycles. The fourth-order valence-electron chi connectivity index (χ4n) is 2.15. The van der Waals surface area contributed by atoms with Crippen molar-refractivity contribution in [1.29, 1.82) is 0 Å². The highest BCUT2D eigenvalue weighted by Gasteiger charge is 2.12. The standard InChI is InChI=1S/C14H13ClN2OS/c1-9-4-10(6-11(15)5-9)13(18)7-12-8-17-2-3-19-14(17)16-12/h2-6,8,13,18H,7H2,1H3. The van der Waals surface area contributed by atoms with Crippen LogP contribution in [0.4, 0.5) is 0 Å². The Morgan fingerprint density at radius 2 is 2.26 bits per heavy atom. The van der Waals surface area contributed by atoms with Crippen molar-refractivity contribution in [3.63, 3.8) is 0 Å². The smallest absolute Gasteiger partial charge is 0.193 e. The van der Waals surface area contributed by atoms with Crippen molar-refractivity contribution in [2.24, 2.45) is 0 Å². The summed E-state index contributed by atoms with van der Waals surface area (Å²) < 4.78 is 1.97. The molecular formula is C14H13ClN2OS. The van der Waals surface area contributed by atoms with Crippen LogP contribution in [0, 0.1) is 6.92 Å². The van der Waals surface area contributed by atoms with Gasteiger partial charge in [0.15, 0.2) is 4.96 Å². The Morgan fingerprint density at radius 1 is 1.42 bits per heavy atom. The number of thiazole rings is 1. The van der Waals surface area contributed by atoms with Gasteiger partial charge in [-0.1, -0.05) is 17.7 Å². The van der Waals surface area contributed by atoms with Gasteiger partial charge in [-0.15, -0.1) is 11.3 Å². The van der Waals surface area contributed by atoms with Crippen LogP contribution in [0.15, 0.2) is 36.0 Å². The second-order valence-corrected chi connectivity index (χ2v) is 5.92. The third kappa shape index (κ3) is 2.66. The molecule has 0 fully saturated rings. The van der Waals surface area contributed by atoms with E-state index >= 15 is 0 Å². The van der Waals surface area contributed by atoms with Crippen LogP contribution in [0.2, 0.25) is 5.02 Å². The molecule has 1 atom stereocenters. The molecule has 1 unspecified atom stereocenters. The summed E-state index contributed by atoms with van der Waals surface area (Å²) >= 11 is 7.60. The van der Waals surface area contributed by atoms with E-state index in [4.69, 9.17) is 11.6 Å². The number of fused-ring (bicyclic) bond motifs is 1. The van der Waals surface area contributed by atoms with Gasteiger partial charge < -0.3 is 5.11 Å². The van der Waals surface area contributed by atoms with E-state index in [9.17, 15) is 5.11 Å². The first-order valence-electron chi connectivity index (χ1n) is 5.98. The van der Waals surface area contributed by atoms with Crippen molar-refractivity contribution >= 4 is 27.9 Å². The summed E-state index contributed by atoms with van der Waals surface area (Å²) in [6.45, 7) is 1.97. The highest BCUT2D eigenvalue weighted by molar-refractivity contribution is 7.15. The molecule has 19 heavy (non-hydrogen) atoms. The molecule has 0 spiro atoms. The Bertz CT molecular complexity index is 670. The molecule has 98 valence electrons. The van der Waals surface area contributed by atoms with Gasteiger partial charge in [0.2, 0.25) is 0 Å². The minimum atomic E-state index is -0.581. The molecule has 5 heteroatoms. The van der Waals surface area contributed by atoms with Crippen LogP contribution >= 0.6 is 22.9 Å². The van der Waals surface area contributed by atoms with E-state index in [2.05, 4.69) is 4.98 Å². The molecule has 0 aliphatic carbocycles. The zero-order chi connectivity index (χ0) is 13.4. The predicted molar refractivity (Wildman–Crippen MR) is 77.9 cm³/mol. The van der Waals surface area contributed by atoms with E-state index in [1.165, 1.54) is 0 Å². The number of nitrogens with zero attached hydrogens (tertiary/aromatic N) is 2. The molecule has 0 amide bonds. The van der Waals surface area contributed by atoms with E-state index in [1.54, 1.807) is 17.4 Å². The van der Waals surface area contributed by atoms with Gasteiger partial charge >= 0.3 is 0 Å². The van der Waals surface area contributed by atoms with E-state index < -0.39 is 6.10 Å². The lowest BCUT2D eigenvalue weighted by atomic mass is 10.0. The number of hydrogen-bond acceptors (Lipinski definition) is 3. The lowest BCUT2D eigenvalue weighted by Crippen LogP contribution is -2.02. The molecule has 3 rings (SSSR count). The number of aryl methyl sites for hydroxylation is 1. The summed E-state index contributed by atoms with van der Waals surface area (Å²) in [6, 6.07) is 5.64. The SMILES string of the molecule is Cc1cc(Cl)cc(C(O)Cc2cn3ccsc3n2)c1. The van der Waals surface area contributed by atoms with Gasteiger partial charge in [0.05, 0.1) is 11.8 Å². The van der Waals surface area contributed by atoms with Crippen molar-refractivity contribution in [2.75, 3.05) is 0 Å². The second kappa shape index (κ2) is 4.96. The monoisotopic (exact) mass is 292 g/mol.